The minimum atomic E-state index is -0.302. The molecule has 0 aliphatic rings. The standard InChI is InChI=1S/C15H22N2O2/c1-3-4-5-6-8-12(2)16-17-15(19)13-9-7-10-14(18)11-13/h7,9-11,18H,3-6,8H2,1-2H3,(H,17,19)/b16-12-. The Kier molecular flexibility index (Phi) is 6.64. The Morgan fingerprint density at radius 3 is 2.79 bits per heavy atom. The summed E-state index contributed by atoms with van der Waals surface area (Å²) in [6.45, 7) is 4.09. The zero-order valence-corrected chi connectivity index (χ0v) is 11.6. The molecular formula is C15H22N2O2. The molecule has 0 aliphatic carbocycles. The van der Waals surface area contributed by atoms with Gasteiger partial charge in [-0.25, -0.2) is 5.43 Å². The van der Waals surface area contributed by atoms with Crippen molar-refractivity contribution in [2.24, 2.45) is 5.10 Å². The van der Waals surface area contributed by atoms with E-state index in [1.807, 2.05) is 6.92 Å². The highest BCUT2D eigenvalue weighted by Gasteiger charge is 2.04. The number of hydrogen-bond acceptors (Lipinski definition) is 3. The first kappa shape index (κ1) is 15.2. The molecule has 0 aromatic heterocycles. The molecule has 0 bridgehead atoms. The maximum absolute atomic E-state index is 11.7. The van der Waals surface area contributed by atoms with Crippen LogP contribution in [0.15, 0.2) is 29.4 Å². The highest BCUT2D eigenvalue weighted by Crippen LogP contribution is 2.10. The SMILES string of the molecule is CCCCCC/C(C)=N\NC(=O)c1cccc(O)c1. The molecule has 0 heterocycles. The van der Waals surface area contributed by atoms with Gasteiger partial charge >= 0.3 is 0 Å². The number of carbonyl (C=O) groups is 1. The molecule has 2 N–H and O–H groups in total. The normalized spacial score (nSPS) is 11.4. The average Bonchev–Trinajstić information content (AvgIpc) is 2.41. The van der Waals surface area contributed by atoms with Crippen LogP contribution in [-0.2, 0) is 0 Å². The predicted octanol–water partition coefficient (Wildman–Crippen LogP) is 3.47. The maximum Gasteiger partial charge on any atom is 0.271 e. The van der Waals surface area contributed by atoms with Crippen LogP contribution in [0.25, 0.3) is 0 Å². The Morgan fingerprint density at radius 1 is 1.32 bits per heavy atom. The second-order valence-electron chi connectivity index (χ2n) is 4.65. The van der Waals surface area contributed by atoms with E-state index in [0.717, 1.165) is 18.6 Å². The van der Waals surface area contributed by atoms with Gasteiger partial charge in [-0.1, -0.05) is 32.3 Å². The Balaban J connectivity index is 2.40. The van der Waals surface area contributed by atoms with Gasteiger partial charge in [0.05, 0.1) is 0 Å². The fourth-order valence-corrected chi connectivity index (χ4v) is 1.72. The van der Waals surface area contributed by atoms with Crippen LogP contribution in [0.1, 0.15) is 56.3 Å². The summed E-state index contributed by atoms with van der Waals surface area (Å²) in [5.74, 6) is -0.225. The molecule has 0 unspecified atom stereocenters. The van der Waals surface area contributed by atoms with Crippen LogP contribution in [0.3, 0.4) is 0 Å². The minimum absolute atomic E-state index is 0.0768. The molecule has 0 saturated heterocycles. The topological polar surface area (TPSA) is 61.7 Å². The zero-order chi connectivity index (χ0) is 14.1. The van der Waals surface area contributed by atoms with Gasteiger partial charge in [0.2, 0.25) is 0 Å². The molecule has 0 radical (unpaired) electrons. The Morgan fingerprint density at radius 2 is 2.11 bits per heavy atom. The number of benzene rings is 1. The van der Waals surface area contributed by atoms with E-state index in [0.29, 0.717) is 5.56 Å². The number of nitrogens with one attached hydrogen (secondary N) is 1. The van der Waals surface area contributed by atoms with Crippen molar-refractivity contribution in [1.82, 2.24) is 5.43 Å². The van der Waals surface area contributed by atoms with Gasteiger partial charge in [0, 0.05) is 11.3 Å². The zero-order valence-electron chi connectivity index (χ0n) is 11.6. The van der Waals surface area contributed by atoms with E-state index in [9.17, 15) is 9.90 Å². The Bertz CT molecular complexity index is 442. The lowest BCUT2D eigenvalue weighted by Crippen LogP contribution is -2.18. The van der Waals surface area contributed by atoms with Gasteiger partial charge < -0.3 is 5.11 Å². The number of hydrogen-bond donors (Lipinski definition) is 2. The van der Waals surface area contributed by atoms with E-state index in [2.05, 4.69) is 17.5 Å². The first-order valence-corrected chi connectivity index (χ1v) is 6.76. The second-order valence-corrected chi connectivity index (χ2v) is 4.65. The van der Waals surface area contributed by atoms with Crippen LogP contribution >= 0.6 is 0 Å². The van der Waals surface area contributed by atoms with Crippen molar-refractivity contribution in [2.45, 2.75) is 46.0 Å². The third-order valence-corrected chi connectivity index (χ3v) is 2.85. The van der Waals surface area contributed by atoms with Gasteiger partial charge in [-0.2, -0.15) is 5.10 Å². The van der Waals surface area contributed by atoms with Crippen molar-refractivity contribution >= 4 is 11.6 Å². The number of hydrazone groups is 1. The molecule has 0 spiro atoms. The number of unbranched alkanes of at least 4 members (excludes halogenated alkanes) is 3. The summed E-state index contributed by atoms with van der Waals surface area (Å²) < 4.78 is 0. The molecule has 0 saturated carbocycles. The van der Waals surface area contributed by atoms with Crippen molar-refractivity contribution in [1.29, 1.82) is 0 Å². The first-order valence-electron chi connectivity index (χ1n) is 6.76. The number of phenolic OH excluding ortho intramolecular Hbond substituents is 1. The van der Waals surface area contributed by atoms with E-state index in [4.69, 9.17) is 0 Å². The van der Waals surface area contributed by atoms with Gasteiger partial charge in [-0.3, -0.25) is 4.79 Å². The average molecular weight is 262 g/mol. The van der Waals surface area contributed by atoms with Gasteiger partial charge in [0.15, 0.2) is 0 Å². The van der Waals surface area contributed by atoms with Crippen molar-refractivity contribution in [3.63, 3.8) is 0 Å². The fraction of sp³-hybridized carbons (Fsp3) is 0.467. The lowest BCUT2D eigenvalue weighted by atomic mass is 10.1. The smallest absolute Gasteiger partial charge is 0.271 e. The van der Waals surface area contributed by atoms with Crippen LogP contribution in [0.4, 0.5) is 0 Å². The quantitative estimate of drug-likeness (QED) is 0.449. The van der Waals surface area contributed by atoms with Gasteiger partial charge in [-0.05, 0) is 38.0 Å². The largest absolute Gasteiger partial charge is 0.508 e. The number of rotatable bonds is 7. The van der Waals surface area contributed by atoms with Crippen LogP contribution in [0.5, 0.6) is 5.75 Å². The maximum atomic E-state index is 11.7. The second kappa shape index (κ2) is 8.29. The molecule has 104 valence electrons. The van der Waals surface area contributed by atoms with Gasteiger partial charge in [-0.15, -0.1) is 0 Å². The van der Waals surface area contributed by atoms with E-state index < -0.39 is 0 Å². The van der Waals surface area contributed by atoms with E-state index in [1.54, 1.807) is 12.1 Å². The third-order valence-electron chi connectivity index (χ3n) is 2.85. The van der Waals surface area contributed by atoms with Crippen molar-refractivity contribution in [3.05, 3.63) is 29.8 Å². The molecule has 4 heteroatoms. The van der Waals surface area contributed by atoms with Gasteiger partial charge in [0.1, 0.15) is 5.75 Å². The fourth-order valence-electron chi connectivity index (χ4n) is 1.72. The molecule has 4 nitrogen and oxygen atoms in total. The highest BCUT2D eigenvalue weighted by atomic mass is 16.3. The lowest BCUT2D eigenvalue weighted by Gasteiger charge is -2.03. The number of phenols is 1. The summed E-state index contributed by atoms with van der Waals surface area (Å²) >= 11 is 0. The number of aromatic hydroxyl groups is 1. The minimum Gasteiger partial charge on any atom is -0.508 e. The van der Waals surface area contributed by atoms with Crippen molar-refractivity contribution < 1.29 is 9.90 Å². The molecule has 0 aliphatic heterocycles. The highest BCUT2D eigenvalue weighted by molar-refractivity contribution is 5.95. The summed E-state index contributed by atoms with van der Waals surface area (Å²) in [6, 6.07) is 6.22. The van der Waals surface area contributed by atoms with Crippen LogP contribution in [0, 0.1) is 0 Å². The molecule has 1 rings (SSSR count). The Hall–Kier alpha value is -1.84. The molecule has 1 amide bonds. The van der Waals surface area contributed by atoms with E-state index >= 15 is 0 Å². The third kappa shape index (κ3) is 6.04. The summed E-state index contributed by atoms with van der Waals surface area (Å²) in [5, 5.41) is 13.4. The summed E-state index contributed by atoms with van der Waals surface area (Å²) in [5.41, 5.74) is 3.83. The van der Waals surface area contributed by atoms with Gasteiger partial charge in [0.25, 0.3) is 5.91 Å². The van der Waals surface area contributed by atoms with E-state index in [1.165, 1.54) is 31.4 Å². The van der Waals surface area contributed by atoms with Crippen LogP contribution < -0.4 is 5.43 Å². The van der Waals surface area contributed by atoms with Crippen molar-refractivity contribution in [3.8, 4) is 5.75 Å². The molecule has 1 aromatic carbocycles. The summed E-state index contributed by atoms with van der Waals surface area (Å²) in [4.78, 5) is 11.7. The first-order chi connectivity index (χ1) is 9.13. The molecule has 19 heavy (non-hydrogen) atoms. The van der Waals surface area contributed by atoms with Crippen LogP contribution in [0.2, 0.25) is 0 Å². The molecule has 0 fully saturated rings. The monoisotopic (exact) mass is 262 g/mol. The van der Waals surface area contributed by atoms with Crippen molar-refractivity contribution in [2.75, 3.05) is 0 Å². The predicted molar refractivity (Wildman–Crippen MR) is 77.4 cm³/mol. The molecular weight excluding hydrogens is 240 g/mol. The number of nitrogens with zero attached hydrogens (tertiary/aromatic N) is 1. The molecule has 1 aromatic rings. The number of amides is 1. The molecule has 0 atom stereocenters. The van der Waals surface area contributed by atoms with E-state index in [-0.39, 0.29) is 11.7 Å². The number of carbonyl (C=O) groups excluding carboxylic acids is 1. The summed E-state index contributed by atoms with van der Waals surface area (Å²) in [6.07, 6.45) is 5.66. The lowest BCUT2D eigenvalue weighted by molar-refractivity contribution is 0.0954. The van der Waals surface area contributed by atoms with Crippen LogP contribution in [-0.4, -0.2) is 16.7 Å². The Labute approximate surface area is 114 Å². The summed E-state index contributed by atoms with van der Waals surface area (Å²) in [7, 11) is 0.